The van der Waals surface area contributed by atoms with Crippen LogP contribution in [0.1, 0.15) is 19.8 Å². The molecule has 0 aromatic heterocycles. The van der Waals surface area contributed by atoms with E-state index in [4.69, 9.17) is 9.84 Å². The molecule has 1 saturated heterocycles. The Hall–Kier alpha value is -0.610. The van der Waals surface area contributed by atoms with Gasteiger partial charge in [0.25, 0.3) is 0 Å². The van der Waals surface area contributed by atoms with Gasteiger partial charge in [0.15, 0.2) is 0 Å². The molecule has 76 valence electrons. The average molecular weight is 187 g/mol. The van der Waals surface area contributed by atoms with Crippen molar-refractivity contribution in [3.63, 3.8) is 0 Å². The van der Waals surface area contributed by atoms with Crippen LogP contribution in [0, 0.1) is 5.92 Å². The largest absolute Gasteiger partial charge is 0.481 e. The molecule has 1 heterocycles. The number of carboxylic acids is 1. The van der Waals surface area contributed by atoms with E-state index in [2.05, 4.69) is 12.2 Å². The molecule has 4 nitrogen and oxygen atoms in total. The maximum absolute atomic E-state index is 10.2. The van der Waals surface area contributed by atoms with Crippen molar-refractivity contribution in [2.75, 3.05) is 19.7 Å². The first-order chi connectivity index (χ1) is 6.20. The Morgan fingerprint density at radius 1 is 1.69 bits per heavy atom. The fraction of sp³-hybridized carbons (Fsp3) is 0.889. The number of nitrogens with one attached hydrogen (secondary N) is 1. The monoisotopic (exact) mass is 187 g/mol. The zero-order chi connectivity index (χ0) is 9.68. The first-order valence-corrected chi connectivity index (χ1v) is 4.74. The van der Waals surface area contributed by atoms with Gasteiger partial charge in [-0.15, -0.1) is 0 Å². The molecule has 2 atom stereocenters. The average Bonchev–Trinajstić information content (AvgIpc) is 2.45. The van der Waals surface area contributed by atoms with Crippen molar-refractivity contribution < 1.29 is 14.6 Å². The van der Waals surface area contributed by atoms with Gasteiger partial charge < -0.3 is 15.2 Å². The van der Waals surface area contributed by atoms with E-state index in [1.165, 1.54) is 0 Å². The highest BCUT2D eigenvalue weighted by Crippen LogP contribution is 2.18. The van der Waals surface area contributed by atoms with Crippen molar-refractivity contribution in [1.82, 2.24) is 5.32 Å². The summed E-state index contributed by atoms with van der Waals surface area (Å²) >= 11 is 0. The lowest BCUT2D eigenvalue weighted by Crippen LogP contribution is -2.28. The molecule has 0 saturated carbocycles. The van der Waals surface area contributed by atoms with Crippen LogP contribution in [0.4, 0.5) is 0 Å². The Balaban J connectivity index is 2.02. The van der Waals surface area contributed by atoms with E-state index < -0.39 is 5.97 Å². The molecule has 13 heavy (non-hydrogen) atoms. The van der Waals surface area contributed by atoms with Gasteiger partial charge in [-0.25, -0.2) is 0 Å². The van der Waals surface area contributed by atoms with E-state index in [1.807, 2.05) is 0 Å². The number of hydrogen-bond acceptors (Lipinski definition) is 3. The van der Waals surface area contributed by atoms with Gasteiger partial charge in [0, 0.05) is 19.7 Å². The summed E-state index contributed by atoms with van der Waals surface area (Å²) in [6.45, 7) is 4.33. The minimum Gasteiger partial charge on any atom is -0.481 e. The molecular formula is C9H17NO3. The second-order valence-corrected chi connectivity index (χ2v) is 3.47. The summed E-state index contributed by atoms with van der Waals surface area (Å²) in [5, 5.41) is 11.5. The van der Waals surface area contributed by atoms with E-state index >= 15 is 0 Å². The minimum absolute atomic E-state index is 0.196. The highest BCUT2D eigenvalue weighted by molar-refractivity contribution is 5.66. The van der Waals surface area contributed by atoms with Gasteiger partial charge >= 0.3 is 5.97 Å². The third kappa shape index (κ3) is 3.74. The topological polar surface area (TPSA) is 58.6 Å². The second kappa shape index (κ2) is 5.19. The lowest BCUT2D eigenvalue weighted by Gasteiger charge is -2.13. The van der Waals surface area contributed by atoms with Crippen molar-refractivity contribution in [3.8, 4) is 0 Å². The van der Waals surface area contributed by atoms with Crippen molar-refractivity contribution >= 4 is 5.97 Å². The normalized spacial score (nSPS) is 27.8. The molecule has 0 amide bonds. The molecule has 1 aliphatic rings. The Morgan fingerprint density at radius 2 is 2.46 bits per heavy atom. The molecule has 0 aromatic rings. The fourth-order valence-electron chi connectivity index (χ4n) is 1.53. The van der Waals surface area contributed by atoms with Crippen LogP contribution in [-0.4, -0.2) is 36.9 Å². The molecule has 1 fully saturated rings. The van der Waals surface area contributed by atoms with Crippen LogP contribution in [0.2, 0.25) is 0 Å². The number of aliphatic carboxylic acids is 1. The number of carbonyl (C=O) groups is 1. The maximum atomic E-state index is 10.2. The molecule has 0 aliphatic carbocycles. The number of ether oxygens (including phenoxy) is 1. The van der Waals surface area contributed by atoms with Crippen LogP contribution < -0.4 is 5.32 Å². The predicted molar refractivity (Wildman–Crippen MR) is 48.6 cm³/mol. The highest BCUT2D eigenvalue weighted by Gasteiger charge is 2.23. The van der Waals surface area contributed by atoms with Crippen molar-refractivity contribution in [1.29, 1.82) is 0 Å². The first-order valence-electron chi connectivity index (χ1n) is 4.74. The van der Waals surface area contributed by atoms with Gasteiger partial charge in [0.1, 0.15) is 0 Å². The summed E-state index contributed by atoms with van der Waals surface area (Å²) in [7, 11) is 0. The van der Waals surface area contributed by atoms with Crippen LogP contribution >= 0.6 is 0 Å². The standard InChI is InChI=1S/C9H17NO3/c1-7-8(3-5-13-7)6-10-4-2-9(11)12/h7-8,10H,2-6H2,1H3,(H,11,12). The molecule has 0 spiro atoms. The number of hydrogen-bond donors (Lipinski definition) is 2. The first kappa shape index (κ1) is 10.5. The molecule has 0 aromatic carbocycles. The van der Waals surface area contributed by atoms with Gasteiger partial charge in [-0.3, -0.25) is 4.79 Å². The van der Waals surface area contributed by atoms with Crippen LogP contribution in [0.15, 0.2) is 0 Å². The Labute approximate surface area is 78.3 Å². The van der Waals surface area contributed by atoms with E-state index in [9.17, 15) is 4.79 Å². The summed E-state index contributed by atoms with van der Waals surface area (Å²) in [4.78, 5) is 10.2. The van der Waals surface area contributed by atoms with Crippen molar-refractivity contribution in [3.05, 3.63) is 0 Å². The lowest BCUT2D eigenvalue weighted by molar-refractivity contribution is -0.136. The molecule has 0 radical (unpaired) electrons. The van der Waals surface area contributed by atoms with Crippen LogP contribution in [0.3, 0.4) is 0 Å². The van der Waals surface area contributed by atoms with Crippen LogP contribution in [0.25, 0.3) is 0 Å². The predicted octanol–water partition coefficient (Wildman–Crippen LogP) is 0.476. The summed E-state index contributed by atoms with van der Waals surface area (Å²) in [5.41, 5.74) is 0. The van der Waals surface area contributed by atoms with Gasteiger partial charge in [-0.1, -0.05) is 0 Å². The Bertz CT molecular complexity index is 172. The quantitative estimate of drug-likeness (QED) is 0.614. The van der Waals surface area contributed by atoms with E-state index in [0.717, 1.165) is 19.6 Å². The summed E-state index contributed by atoms with van der Waals surface area (Å²) in [6, 6.07) is 0. The number of carboxylic acid groups (broad SMARTS) is 1. The Kier molecular flexibility index (Phi) is 4.18. The van der Waals surface area contributed by atoms with Gasteiger partial charge in [0.2, 0.25) is 0 Å². The van der Waals surface area contributed by atoms with E-state index in [-0.39, 0.29) is 6.42 Å². The Morgan fingerprint density at radius 3 is 3.00 bits per heavy atom. The molecule has 2 N–H and O–H groups in total. The zero-order valence-corrected chi connectivity index (χ0v) is 7.95. The van der Waals surface area contributed by atoms with Gasteiger partial charge in [-0.05, 0) is 19.3 Å². The maximum Gasteiger partial charge on any atom is 0.304 e. The lowest BCUT2D eigenvalue weighted by atomic mass is 10.0. The summed E-state index contributed by atoms with van der Waals surface area (Å²) in [6.07, 6.45) is 1.60. The van der Waals surface area contributed by atoms with Crippen molar-refractivity contribution in [2.24, 2.45) is 5.92 Å². The molecular weight excluding hydrogens is 170 g/mol. The van der Waals surface area contributed by atoms with Crippen LogP contribution in [0.5, 0.6) is 0 Å². The molecule has 1 rings (SSSR count). The molecule has 4 heteroatoms. The molecule has 2 unspecified atom stereocenters. The minimum atomic E-state index is -0.747. The SMILES string of the molecule is CC1OCCC1CNCCC(=O)O. The van der Waals surface area contributed by atoms with Crippen LogP contribution in [-0.2, 0) is 9.53 Å². The fourth-order valence-corrected chi connectivity index (χ4v) is 1.53. The highest BCUT2D eigenvalue weighted by atomic mass is 16.5. The van der Waals surface area contributed by atoms with Gasteiger partial charge in [0.05, 0.1) is 12.5 Å². The number of rotatable bonds is 5. The van der Waals surface area contributed by atoms with Gasteiger partial charge in [-0.2, -0.15) is 0 Å². The summed E-state index contributed by atoms with van der Waals surface area (Å²) in [5.74, 6) is -0.197. The van der Waals surface area contributed by atoms with E-state index in [0.29, 0.717) is 18.6 Å². The van der Waals surface area contributed by atoms with Crippen molar-refractivity contribution in [2.45, 2.75) is 25.9 Å². The molecule has 0 bridgehead atoms. The second-order valence-electron chi connectivity index (χ2n) is 3.47. The smallest absolute Gasteiger partial charge is 0.304 e. The third-order valence-electron chi connectivity index (χ3n) is 2.46. The molecule has 1 aliphatic heterocycles. The summed E-state index contributed by atoms with van der Waals surface area (Å²) < 4.78 is 5.39. The zero-order valence-electron chi connectivity index (χ0n) is 7.95. The third-order valence-corrected chi connectivity index (χ3v) is 2.46. The van der Waals surface area contributed by atoms with E-state index in [1.54, 1.807) is 0 Å².